The summed E-state index contributed by atoms with van der Waals surface area (Å²) in [6.07, 6.45) is 6.69. The number of sulfonamides is 1. The molecule has 0 radical (unpaired) electrons. The molecule has 0 bridgehead atoms. The van der Waals surface area contributed by atoms with Gasteiger partial charge in [-0.25, -0.2) is 8.42 Å². The normalized spacial score (nSPS) is 14.8. The van der Waals surface area contributed by atoms with Crippen LogP contribution in [0.1, 0.15) is 59.3 Å². The Labute approximate surface area is 207 Å². The van der Waals surface area contributed by atoms with Crippen molar-refractivity contribution >= 4 is 15.9 Å². The molecule has 1 aromatic heterocycles. The molecule has 1 saturated carbocycles. The molecule has 1 heterocycles. The Bertz CT molecular complexity index is 1200. The predicted octanol–water partition coefficient (Wildman–Crippen LogP) is 4.88. The number of hydrogen-bond acceptors (Lipinski definition) is 5. The average Bonchev–Trinajstić information content (AvgIpc) is 3.41. The first-order chi connectivity index (χ1) is 16.9. The summed E-state index contributed by atoms with van der Waals surface area (Å²) in [6, 6.07) is 17.7. The Morgan fingerprint density at radius 1 is 1.00 bits per heavy atom. The van der Waals surface area contributed by atoms with E-state index < -0.39 is 10.0 Å². The van der Waals surface area contributed by atoms with Gasteiger partial charge >= 0.3 is 0 Å². The van der Waals surface area contributed by atoms with Crippen molar-refractivity contribution in [2.45, 2.75) is 62.8 Å². The van der Waals surface area contributed by atoms with Crippen molar-refractivity contribution in [3.05, 3.63) is 89.4 Å². The molecule has 8 heteroatoms. The zero-order valence-electron chi connectivity index (χ0n) is 20.0. The van der Waals surface area contributed by atoms with Crippen molar-refractivity contribution in [1.29, 1.82) is 0 Å². The summed E-state index contributed by atoms with van der Waals surface area (Å²) < 4.78 is 38.4. The highest BCUT2D eigenvalue weighted by Crippen LogP contribution is 2.26. The molecular formula is C27H32N2O5S. The lowest BCUT2D eigenvalue weighted by Crippen LogP contribution is -2.38. The van der Waals surface area contributed by atoms with Crippen LogP contribution in [-0.4, -0.2) is 31.7 Å². The summed E-state index contributed by atoms with van der Waals surface area (Å²) in [7, 11) is -1.92. The lowest BCUT2D eigenvalue weighted by Gasteiger charge is -2.30. The number of hydrogen-bond donors (Lipinski definition) is 1. The van der Waals surface area contributed by atoms with Gasteiger partial charge in [-0.05, 0) is 60.4 Å². The van der Waals surface area contributed by atoms with Gasteiger partial charge in [-0.2, -0.15) is 4.31 Å². The van der Waals surface area contributed by atoms with Gasteiger partial charge in [0.2, 0.25) is 10.0 Å². The van der Waals surface area contributed by atoms with E-state index in [-0.39, 0.29) is 16.8 Å². The van der Waals surface area contributed by atoms with Crippen LogP contribution in [-0.2, 0) is 34.5 Å². The quantitative estimate of drug-likeness (QED) is 0.432. The van der Waals surface area contributed by atoms with Crippen LogP contribution >= 0.6 is 0 Å². The third-order valence-corrected chi connectivity index (χ3v) is 8.34. The molecule has 4 rings (SSSR count). The van der Waals surface area contributed by atoms with Gasteiger partial charge in [0.05, 0.1) is 17.8 Å². The zero-order chi connectivity index (χ0) is 24.7. The molecular weight excluding hydrogens is 464 g/mol. The van der Waals surface area contributed by atoms with Crippen molar-refractivity contribution in [3.8, 4) is 0 Å². The van der Waals surface area contributed by atoms with Crippen molar-refractivity contribution in [2.75, 3.05) is 7.05 Å². The molecule has 1 N–H and O–H groups in total. The van der Waals surface area contributed by atoms with E-state index in [9.17, 15) is 13.2 Å². The van der Waals surface area contributed by atoms with Gasteiger partial charge in [0.1, 0.15) is 12.4 Å². The topological polar surface area (TPSA) is 88.9 Å². The van der Waals surface area contributed by atoms with E-state index >= 15 is 0 Å². The smallest absolute Gasteiger partial charge is 0.251 e. The summed E-state index contributed by atoms with van der Waals surface area (Å²) in [5.74, 6) is 0.516. The Balaban J connectivity index is 1.30. The van der Waals surface area contributed by atoms with Crippen LogP contribution in [0.5, 0.6) is 0 Å². The second-order valence-electron chi connectivity index (χ2n) is 8.91. The number of ether oxygens (including phenoxy) is 1. The van der Waals surface area contributed by atoms with Gasteiger partial charge in [0, 0.05) is 25.2 Å². The summed E-state index contributed by atoms with van der Waals surface area (Å²) in [5, 5.41) is 2.90. The van der Waals surface area contributed by atoms with Gasteiger partial charge in [-0.3, -0.25) is 4.79 Å². The van der Waals surface area contributed by atoms with E-state index in [0.29, 0.717) is 25.3 Å². The average molecular weight is 497 g/mol. The molecule has 1 fully saturated rings. The molecule has 0 spiro atoms. The standard InChI is InChI=1S/C27H32N2O5S/c1-29(24-9-3-2-4-10-24)35(31,32)26-14-12-23(13-15-26)27(30)28-18-21-7-5-8-22(17-21)19-33-20-25-11-6-16-34-25/h5-8,11-17,24H,2-4,9-10,18-20H2,1H3,(H,28,30). The van der Waals surface area contributed by atoms with Crippen LogP contribution in [0.3, 0.4) is 0 Å². The SMILES string of the molecule is CN(C1CCCCC1)S(=O)(=O)c1ccc(C(=O)NCc2cccc(COCc3ccco3)c2)cc1. The van der Waals surface area contributed by atoms with Crippen LogP contribution < -0.4 is 5.32 Å². The van der Waals surface area contributed by atoms with E-state index in [1.54, 1.807) is 25.4 Å². The molecule has 2 aromatic carbocycles. The van der Waals surface area contributed by atoms with Crippen molar-refractivity contribution < 1.29 is 22.4 Å². The minimum Gasteiger partial charge on any atom is -0.467 e. The molecule has 0 saturated heterocycles. The number of benzene rings is 2. The van der Waals surface area contributed by atoms with Crippen LogP contribution in [0.2, 0.25) is 0 Å². The van der Waals surface area contributed by atoms with Crippen LogP contribution in [0.4, 0.5) is 0 Å². The van der Waals surface area contributed by atoms with E-state index in [0.717, 1.165) is 49.0 Å². The molecule has 1 aliphatic carbocycles. The van der Waals surface area contributed by atoms with E-state index in [4.69, 9.17) is 9.15 Å². The van der Waals surface area contributed by atoms with Crippen LogP contribution in [0.25, 0.3) is 0 Å². The fraction of sp³-hybridized carbons (Fsp3) is 0.370. The maximum Gasteiger partial charge on any atom is 0.251 e. The molecule has 0 unspecified atom stereocenters. The third kappa shape index (κ3) is 6.60. The van der Waals surface area contributed by atoms with E-state index in [1.807, 2.05) is 36.4 Å². The minimum atomic E-state index is -3.58. The number of rotatable bonds is 10. The number of nitrogens with one attached hydrogen (secondary N) is 1. The lowest BCUT2D eigenvalue weighted by molar-refractivity contribution is 0.0928. The fourth-order valence-corrected chi connectivity index (χ4v) is 5.78. The molecule has 7 nitrogen and oxygen atoms in total. The lowest BCUT2D eigenvalue weighted by atomic mass is 9.96. The first kappa shape index (κ1) is 25.2. The monoisotopic (exact) mass is 496 g/mol. The maximum absolute atomic E-state index is 13.0. The number of furan rings is 1. The Hall–Kier alpha value is -2.94. The summed E-state index contributed by atoms with van der Waals surface area (Å²) >= 11 is 0. The highest BCUT2D eigenvalue weighted by Gasteiger charge is 2.29. The molecule has 1 amide bonds. The Kier molecular flexibility index (Phi) is 8.38. The Morgan fingerprint density at radius 3 is 2.46 bits per heavy atom. The Morgan fingerprint density at radius 2 is 1.74 bits per heavy atom. The summed E-state index contributed by atoms with van der Waals surface area (Å²) in [4.78, 5) is 12.9. The molecule has 35 heavy (non-hydrogen) atoms. The molecule has 3 aromatic rings. The van der Waals surface area contributed by atoms with Gasteiger partial charge in [0.25, 0.3) is 5.91 Å². The van der Waals surface area contributed by atoms with Gasteiger partial charge in [-0.1, -0.05) is 43.5 Å². The molecule has 186 valence electrons. The van der Waals surface area contributed by atoms with Gasteiger partial charge in [0.15, 0.2) is 0 Å². The number of amides is 1. The second-order valence-corrected chi connectivity index (χ2v) is 10.9. The zero-order valence-corrected chi connectivity index (χ0v) is 20.8. The van der Waals surface area contributed by atoms with Gasteiger partial charge in [-0.15, -0.1) is 0 Å². The largest absolute Gasteiger partial charge is 0.467 e. The highest BCUT2D eigenvalue weighted by molar-refractivity contribution is 7.89. The fourth-order valence-electron chi connectivity index (χ4n) is 4.36. The van der Waals surface area contributed by atoms with E-state index in [1.165, 1.54) is 16.4 Å². The highest BCUT2D eigenvalue weighted by atomic mass is 32.2. The first-order valence-corrected chi connectivity index (χ1v) is 13.4. The number of nitrogens with zero attached hydrogens (tertiary/aromatic N) is 1. The number of carbonyl (C=O) groups excluding carboxylic acids is 1. The second kappa shape index (κ2) is 11.7. The summed E-state index contributed by atoms with van der Waals surface area (Å²) in [5.41, 5.74) is 2.37. The molecule has 1 aliphatic rings. The van der Waals surface area contributed by atoms with Crippen molar-refractivity contribution in [2.24, 2.45) is 0 Å². The van der Waals surface area contributed by atoms with Crippen molar-refractivity contribution in [1.82, 2.24) is 9.62 Å². The molecule has 0 aliphatic heterocycles. The van der Waals surface area contributed by atoms with Crippen molar-refractivity contribution in [3.63, 3.8) is 0 Å². The van der Waals surface area contributed by atoms with Crippen LogP contribution in [0, 0.1) is 0 Å². The van der Waals surface area contributed by atoms with E-state index in [2.05, 4.69) is 5.32 Å². The molecule has 0 atom stereocenters. The minimum absolute atomic E-state index is 0.0445. The first-order valence-electron chi connectivity index (χ1n) is 12.0. The third-order valence-electron chi connectivity index (χ3n) is 6.42. The number of carbonyl (C=O) groups is 1. The van der Waals surface area contributed by atoms with Gasteiger partial charge < -0.3 is 14.5 Å². The van der Waals surface area contributed by atoms with Crippen LogP contribution in [0.15, 0.2) is 76.2 Å². The predicted molar refractivity (Wildman–Crippen MR) is 133 cm³/mol. The maximum atomic E-state index is 13.0. The summed E-state index contributed by atoms with van der Waals surface area (Å²) in [6.45, 7) is 1.19.